The lowest BCUT2D eigenvalue weighted by molar-refractivity contribution is -0.141. The summed E-state index contributed by atoms with van der Waals surface area (Å²) in [7, 11) is -3.67. The number of hydrogen-bond donors (Lipinski definition) is 3. The van der Waals surface area contributed by atoms with Gasteiger partial charge in [-0.15, -0.1) is 0 Å². The van der Waals surface area contributed by atoms with Crippen LogP contribution in [0.1, 0.15) is 65.6 Å². The number of amides is 3. The molecule has 12 nitrogen and oxygen atoms in total. The highest BCUT2D eigenvalue weighted by atomic mass is 32.2. The van der Waals surface area contributed by atoms with Gasteiger partial charge in [0.05, 0.1) is 29.5 Å². The van der Waals surface area contributed by atoms with Crippen LogP contribution in [0.3, 0.4) is 0 Å². The van der Waals surface area contributed by atoms with Crippen molar-refractivity contribution in [3.63, 3.8) is 0 Å². The Morgan fingerprint density at radius 1 is 0.956 bits per heavy atom. The summed E-state index contributed by atoms with van der Waals surface area (Å²) in [6.45, 7) is 17.3. The summed E-state index contributed by atoms with van der Waals surface area (Å²) < 4.78 is 27.6. The number of benzene rings is 1. The molecule has 13 heteroatoms. The normalized spacial score (nSPS) is 14.0. The van der Waals surface area contributed by atoms with E-state index in [1.54, 1.807) is 10.9 Å². The number of pyridine rings is 1. The van der Waals surface area contributed by atoms with Gasteiger partial charge in [0.15, 0.2) is 0 Å². The number of hydrogen-bond acceptors (Lipinski definition) is 7. The number of carbonyl (C=O) groups excluding carboxylic acids is 2. The monoisotopic (exact) mass is 641 g/mol. The van der Waals surface area contributed by atoms with E-state index in [-0.39, 0.29) is 22.8 Å². The molecule has 0 aliphatic carbocycles. The third-order valence-corrected chi connectivity index (χ3v) is 7.35. The van der Waals surface area contributed by atoms with Crippen molar-refractivity contribution in [2.75, 3.05) is 48.0 Å². The fraction of sp³-hybridized carbons (Fsp3) is 0.500. The number of nitrogens with zero attached hydrogens (tertiary/aromatic N) is 5. The number of carbonyl (C=O) groups is 2. The second-order valence-electron chi connectivity index (χ2n) is 13.0. The van der Waals surface area contributed by atoms with Crippen molar-refractivity contribution < 1.29 is 22.6 Å². The van der Waals surface area contributed by atoms with Crippen LogP contribution in [0.4, 0.5) is 22.1 Å². The number of anilines is 3. The first kappa shape index (κ1) is 35.5. The van der Waals surface area contributed by atoms with Crippen molar-refractivity contribution in [3.8, 4) is 5.69 Å². The van der Waals surface area contributed by atoms with Crippen LogP contribution < -0.4 is 15.5 Å². The minimum atomic E-state index is -3.67. The van der Waals surface area contributed by atoms with Gasteiger partial charge >= 0.3 is 6.03 Å². The zero-order valence-electron chi connectivity index (χ0n) is 27.6. The Bertz CT molecular complexity index is 1540. The quantitative estimate of drug-likeness (QED) is 0.287. The van der Waals surface area contributed by atoms with Gasteiger partial charge in [0.2, 0.25) is 5.91 Å². The van der Waals surface area contributed by atoms with E-state index in [2.05, 4.69) is 48.2 Å². The molecule has 1 aliphatic heterocycles. The summed E-state index contributed by atoms with van der Waals surface area (Å²) in [5.74, 6) is 1.65. The van der Waals surface area contributed by atoms with Crippen LogP contribution >= 0.6 is 0 Å². The van der Waals surface area contributed by atoms with Crippen molar-refractivity contribution in [1.82, 2.24) is 19.7 Å². The minimum Gasteiger partial charge on any atom is -0.353 e. The van der Waals surface area contributed by atoms with Crippen LogP contribution in [0.2, 0.25) is 0 Å². The van der Waals surface area contributed by atoms with E-state index < -0.39 is 10.1 Å². The maximum absolute atomic E-state index is 13.0. The van der Waals surface area contributed by atoms with E-state index in [0.717, 1.165) is 48.7 Å². The Hall–Kier alpha value is -3.97. The number of aryl methyl sites for hydroxylation is 1. The summed E-state index contributed by atoms with van der Waals surface area (Å²) in [6, 6.07) is 13.3. The molecule has 4 rings (SSSR count). The molecule has 1 aliphatic rings. The topological polar surface area (TPSA) is 150 Å². The minimum absolute atomic E-state index is 0.174. The number of urea groups is 1. The average Bonchev–Trinajstić information content (AvgIpc) is 3.37. The molecule has 0 bridgehead atoms. The van der Waals surface area contributed by atoms with Crippen LogP contribution in [-0.4, -0.2) is 77.0 Å². The molecule has 1 fully saturated rings. The third-order valence-electron chi connectivity index (χ3n) is 7.35. The molecule has 2 aromatic heterocycles. The largest absolute Gasteiger partial charge is 0.353 e. The zero-order chi connectivity index (χ0) is 33.6. The van der Waals surface area contributed by atoms with E-state index in [9.17, 15) is 18.0 Å². The fourth-order valence-corrected chi connectivity index (χ4v) is 4.94. The fourth-order valence-electron chi connectivity index (χ4n) is 4.94. The molecule has 0 spiro atoms. The maximum atomic E-state index is 13.0. The van der Waals surface area contributed by atoms with Crippen LogP contribution in [-0.2, 0) is 20.3 Å². The van der Waals surface area contributed by atoms with Gasteiger partial charge in [-0.2, -0.15) is 13.5 Å². The molecule has 1 aromatic carbocycles. The van der Waals surface area contributed by atoms with Gasteiger partial charge in [-0.1, -0.05) is 65.7 Å². The molecule has 0 radical (unpaired) electrons. The molecule has 3 amide bonds. The number of rotatable bonds is 7. The number of piperazine rings is 1. The molecule has 246 valence electrons. The van der Waals surface area contributed by atoms with Gasteiger partial charge in [-0.05, 0) is 37.6 Å². The summed E-state index contributed by atoms with van der Waals surface area (Å²) in [5.41, 5.74) is 3.00. The van der Waals surface area contributed by atoms with Crippen LogP contribution in [0, 0.1) is 12.3 Å². The second-order valence-corrected chi connectivity index (χ2v) is 14.5. The maximum Gasteiger partial charge on any atom is 0.324 e. The molecule has 1 saturated heterocycles. The Labute approximate surface area is 267 Å². The van der Waals surface area contributed by atoms with Crippen molar-refractivity contribution in [3.05, 3.63) is 59.9 Å². The third kappa shape index (κ3) is 10.6. The molecular formula is C32H47N7O5S. The Kier molecular flexibility index (Phi) is 11.4. The van der Waals surface area contributed by atoms with Gasteiger partial charge < -0.3 is 15.1 Å². The zero-order valence-corrected chi connectivity index (χ0v) is 28.4. The van der Waals surface area contributed by atoms with Gasteiger partial charge in [-0.3, -0.25) is 14.7 Å². The lowest BCUT2D eigenvalue weighted by Crippen LogP contribution is -2.52. The molecular weight excluding hydrogens is 594 g/mol. The van der Waals surface area contributed by atoms with Gasteiger partial charge in [0.25, 0.3) is 10.1 Å². The highest BCUT2D eigenvalue weighted by molar-refractivity contribution is 7.85. The highest BCUT2D eigenvalue weighted by Crippen LogP contribution is 2.28. The molecule has 0 unspecified atom stereocenters. The molecule has 3 N–H and O–H groups in total. The molecule has 3 heterocycles. The Morgan fingerprint density at radius 3 is 2.07 bits per heavy atom. The van der Waals surface area contributed by atoms with Crippen LogP contribution in [0.5, 0.6) is 0 Å². The first-order chi connectivity index (χ1) is 20.9. The lowest BCUT2D eigenvalue weighted by Gasteiger charge is -2.39. The summed E-state index contributed by atoms with van der Waals surface area (Å²) >= 11 is 0. The van der Waals surface area contributed by atoms with Crippen LogP contribution in [0.25, 0.3) is 5.69 Å². The van der Waals surface area contributed by atoms with E-state index in [0.29, 0.717) is 30.9 Å². The van der Waals surface area contributed by atoms with E-state index in [4.69, 9.17) is 9.65 Å². The molecule has 0 saturated carbocycles. The van der Waals surface area contributed by atoms with Gasteiger partial charge in [-0.25, -0.2) is 14.5 Å². The van der Waals surface area contributed by atoms with Crippen LogP contribution in [0.15, 0.2) is 48.7 Å². The van der Waals surface area contributed by atoms with Crippen molar-refractivity contribution in [2.45, 2.75) is 66.7 Å². The predicted octanol–water partition coefficient (Wildman–Crippen LogP) is 5.50. The molecule has 0 atom stereocenters. The standard InChI is InChI=1S/C31H43N7O2.CH4O3S/c1-8-15-31(6,7)28(39)37-18-16-36(17-19-37)26-14-11-23(21-32-26)33-29(40)34-27-20-25(30(3,4)5)35-38(27)24-12-9-22(2)10-13-24;1-5(2,3)4/h9-14,20-21H,8,15-19H2,1-7H3,(H2,33,34,40);1H3,(H,2,3,4). The van der Waals surface area contributed by atoms with E-state index in [1.807, 2.05) is 68.1 Å². The van der Waals surface area contributed by atoms with Crippen molar-refractivity contribution in [2.24, 2.45) is 5.41 Å². The Balaban J connectivity index is 0.00000102. The smallest absolute Gasteiger partial charge is 0.324 e. The van der Waals surface area contributed by atoms with E-state index >= 15 is 0 Å². The molecule has 3 aromatic rings. The summed E-state index contributed by atoms with van der Waals surface area (Å²) in [4.78, 5) is 34.6. The van der Waals surface area contributed by atoms with Gasteiger partial charge in [0.1, 0.15) is 11.6 Å². The average molecular weight is 642 g/mol. The first-order valence-corrected chi connectivity index (χ1v) is 16.9. The predicted molar refractivity (Wildman–Crippen MR) is 179 cm³/mol. The number of nitrogens with one attached hydrogen (secondary N) is 2. The Morgan fingerprint density at radius 2 is 1.56 bits per heavy atom. The van der Waals surface area contributed by atoms with E-state index in [1.165, 1.54) is 0 Å². The van der Waals surface area contributed by atoms with Gasteiger partial charge in [0, 0.05) is 43.1 Å². The van der Waals surface area contributed by atoms with Crippen molar-refractivity contribution >= 4 is 39.4 Å². The summed E-state index contributed by atoms with van der Waals surface area (Å²) in [6.07, 6.45) is 4.26. The summed E-state index contributed by atoms with van der Waals surface area (Å²) in [5, 5.41) is 10.6. The SMILES string of the molecule is CCCC(C)(C)C(=O)N1CCN(c2ccc(NC(=O)Nc3cc(C(C)(C)C)nn3-c3ccc(C)cc3)cn2)CC1.CS(=O)(=O)O. The number of aromatic nitrogens is 3. The lowest BCUT2D eigenvalue weighted by atomic mass is 9.86. The first-order valence-electron chi connectivity index (χ1n) is 15.1. The highest BCUT2D eigenvalue weighted by Gasteiger charge is 2.33. The molecule has 45 heavy (non-hydrogen) atoms. The second kappa shape index (κ2) is 14.4. The van der Waals surface area contributed by atoms with Crippen molar-refractivity contribution in [1.29, 1.82) is 0 Å².